The van der Waals surface area contributed by atoms with Gasteiger partial charge in [-0.1, -0.05) is 36.4 Å². The van der Waals surface area contributed by atoms with Crippen molar-refractivity contribution >= 4 is 17.7 Å². The minimum Gasteiger partial charge on any atom is -0.493 e. The maximum Gasteiger partial charge on any atom is 0.303 e. The smallest absolute Gasteiger partial charge is 0.303 e. The van der Waals surface area contributed by atoms with Gasteiger partial charge in [0.2, 0.25) is 5.95 Å². The van der Waals surface area contributed by atoms with Gasteiger partial charge in [0, 0.05) is 18.1 Å². The number of nitrogens with zero attached hydrogens (tertiary/aromatic N) is 2. The molecule has 168 valence electrons. The topological polar surface area (TPSA) is 134 Å². The first kappa shape index (κ1) is 22.9. The van der Waals surface area contributed by atoms with E-state index in [1.165, 1.54) is 0 Å². The van der Waals surface area contributed by atoms with Crippen molar-refractivity contribution in [3.63, 3.8) is 0 Å². The molecule has 8 heteroatoms. The van der Waals surface area contributed by atoms with Gasteiger partial charge in [0.25, 0.3) is 0 Å². The van der Waals surface area contributed by atoms with E-state index in [1.807, 2.05) is 48.5 Å². The van der Waals surface area contributed by atoms with Crippen molar-refractivity contribution in [3.05, 3.63) is 60.3 Å². The van der Waals surface area contributed by atoms with Gasteiger partial charge in [-0.25, -0.2) is 4.98 Å². The Labute approximate surface area is 187 Å². The summed E-state index contributed by atoms with van der Waals surface area (Å²) >= 11 is 0. The quantitative estimate of drug-likeness (QED) is 0.363. The first-order valence-corrected chi connectivity index (χ1v) is 10.6. The van der Waals surface area contributed by atoms with Crippen molar-refractivity contribution in [2.75, 3.05) is 24.7 Å². The Hall–Kier alpha value is -3.81. The van der Waals surface area contributed by atoms with Crippen LogP contribution >= 0.6 is 0 Å². The van der Waals surface area contributed by atoms with Gasteiger partial charge in [-0.05, 0) is 43.4 Å². The van der Waals surface area contributed by atoms with E-state index in [-0.39, 0.29) is 12.4 Å². The second-order valence-electron chi connectivity index (χ2n) is 7.28. The first-order valence-electron chi connectivity index (χ1n) is 10.6. The molecule has 0 radical (unpaired) electrons. The summed E-state index contributed by atoms with van der Waals surface area (Å²) in [6.45, 7) is 0.893. The van der Waals surface area contributed by atoms with E-state index in [0.29, 0.717) is 43.4 Å². The largest absolute Gasteiger partial charge is 0.493 e. The summed E-state index contributed by atoms with van der Waals surface area (Å²) < 4.78 is 11.4. The van der Waals surface area contributed by atoms with Crippen LogP contribution in [0.3, 0.4) is 0 Å². The average molecular weight is 437 g/mol. The number of aliphatic carboxylic acids is 1. The van der Waals surface area contributed by atoms with Gasteiger partial charge < -0.3 is 26.0 Å². The molecule has 0 aliphatic rings. The molecule has 3 rings (SSSR count). The van der Waals surface area contributed by atoms with Crippen LogP contribution in [-0.2, 0) is 11.2 Å². The fourth-order valence-corrected chi connectivity index (χ4v) is 3.30. The summed E-state index contributed by atoms with van der Waals surface area (Å²) in [5.74, 6) is 1.10. The van der Waals surface area contributed by atoms with Crippen LogP contribution in [0.2, 0.25) is 0 Å². The highest BCUT2D eigenvalue weighted by atomic mass is 16.5. The van der Waals surface area contributed by atoms with E-state index in [0.717, 1.165) is 29.7 Å². The van der Waals surface area contributed by atoms with Crippen LogP contribution in [0.25, 0.3) is 11.1 Å². The number of nitrogen functional groups attached to an aromatic ring is 2. The number of anilines is 2. The normalized spacial score (nSPS) is 10.6. The van der Waals surface area contributed by atoms with Gasteiger partial charge in [-0.15, -0.1) is 0 Å². The maximum atomic E-state index is 10.6. The Kier molecular flexibility index (Phi) is 8.25. The molecule has 0 fully saturated rings. The van der Waals surface area contributed by atoms with Crippen LogP contribution in [0.4, 0.5) is 11.8 Å². The lowest BCUT2D eigenvalue weighted by Gasteiger charge is -2.12. The molecule has 0 bridgehead atoms. The number of carboxylic acids is 1. The Balaban J connectivity index is 1.49. The summed E-state index contributed by atoms with van der Waals surface area (Å²) in [5.41, 5.74) is 14.6. The Morgan fingerprint density at radius 3 is 2.25 bits per heavy atom. The first-order chi connectivity index (χ1) is 15.5. The zero-order chi connectivity index (χ0) is 22.8. The van der Waals surface area contributed by atoms with Gasteiger partial charge >= 0.3 is 5.97 Å². The zero-order valence-corrected chi connectivity index (χ0v) is 17.9. The van der Waals surface area contributed by atoms with Gasteiger partial charge in [-0.3, -0.25) is 4.79 Å². The summed E-state index contributed by atoms with van der Waals surface area (Å²) in [5, 5.41) is 8.67. The lowest BCUT2D eigenvalue weighted by Crippen LogP contribution is -2.07. The Bertz CT molecular complexity index is 1030. The number of aromatic nitrogens is 2. The van der Waals surface area contributed by atoms with Crippen molar-refractivity contribution in [1.29, 1.82) is 0 Å². The minimum atomic E-state index is -0.825. The molecule has 0 unspecified atom stereocenters. The maximum absolute atomic E-state index is 10.6. The van der Waals surface area contributed by atoms with Gasteiger partial charge in [-0.2, -0.15) is 4.98 Å². The minimum absolute atomic E-state index is 0.0891. The van der Waals surface area contributed by atoms with E-state index in [4.69, 9.17) is 26.0 Å². The molecule has 1 aromatic heterocycles. The highest BCUT2D eigenvalue weighted by molar-refractivity contribution is 5.76. The average Bonchev–Trinajstić information content (AvgIpc) is 2.77. The molecule has 0 aliphatic carbocycles. The lowest BCUT2D eigenvalue weighted by molar-refractivity contribution is -0.137. The van der Waals surface area contributed by atoms with Crippen LogP contribution in [0.5, 0.6) is 11.5 Å². The molecule has 1 heterocycles. The third kappa shape index (κ3) is 6.87. The molecule has 0 aliphatic heterocycles. The summed E-state index contributed by atoms with van der Waals surface area (Å²) in [4.78, 5) is 19.1. The molecule has 0 spiro atoms. The second-order valence-corrected chi connectivity index (χ2v) is 7.28. The van der Waals surface area contributed by atoms with E-state index in [9.17, 15) is 4.79 Å². The Morgan fingerprint density at radius 1 is 0.875 bits per heavy atom. The van der Waals surface area contributed by atoms with Gasteiger partial charge in [0.1, 0.15) is 17.3 Å². The lowest BCUT2D eigenvalue weighted by atomic mass is 10.0. The number of carbonyl (C=O) groups is 1. The number of hydrogen-bond acceptors (Lipinski definition) is 7. The number of hydrogen-bond donors (Lipinski definition) is 3. The van der Waals surface area contributed by atoms with Gasteiger partial charge in [0.05, 0.1) is 18.9 Å². The number of benzene rings is 2. The van der Waals surface area contributed by atoms with Crippen LogP contribution in [0.15, 0.2) is 54.6 Å². The third-order valence-corrected chi connectivity index (χ3v) is 4.78. The zero-order valence-electron chi connectivity index (χ0n) is 17.9. The van der Waals surface area contributed by atoms with Crippen LogP contribution in [-0.4, -0.2) is 34.3 Å². The highest BCUT2D eigenvalue weighted by Crippen LogP contribution is 2.29. The van der Waals surface area contributed by atoms with Crippen LogP contribution in [0.1, 0.15) is 31.4 Å². The SMILES string of the molecule is Nc1nc(N)c(-c2ccccc2)c(CCCCOc2cccc(OCCCC(=O)O)c2)n1. The molecule has 0 atom stereocenters. The molecule has 3 aromatic rings. The third-order valence-electron chi connectivity index (χ3n) is 4.78. The molecule has 5 N–H and O–H groups in total. The van der Waals surface area contributed by atoms with E-state index in [1.54, 1.807) is 6.07 Å². The van der Waals surface area contributed by atoms with Crippen molar-refractivity contribution in [2.45, 2.75) is 32.1 Å². The predicted molar refractivity (Wildman–Crippen MR) is 124 cm³/mol. The van der Waals surface area contributed by atoms with E-state index >= 15 is 0 Å². The number of aryl methyl sites for hydroxylation is 1. The molecule has 32 heavy (non-hydrogen) atoms. The number of rotatable bonds is 12. The fraction of sp³-hybridized carbons (Fsp3) is 0.292. The predicted octanol–water partition coefficient (Wildman–Crippen LogP) is 3.95. The molecule has 2 aromatic carbocycles. The standard InChI is InChI=1S/C24H28N4O4/c25-23-22(17-8-2-1-3-9-17)20(27-24(26)28-23)12-4-5-14-31-18-10-6-11-19(16-18)32-15-7-13-21(29)30/h1-3,6,8-11,16H,4-5,7,12-15H2,(H,29,30)(H4,25,26,27,28). The van der Waals surface area contributed by atoms with Crippen molar-refractivity contribution in [3.8, 4) is 22.6 Å². The molecule has 0 saturated heterocycles. The number of ether oxygens (including phenoxy) is 2. The summed E-state index contributed by atoms with van der Waals surface area (Å²) in [6, 6.07) is 17.2. The number of nitrogens with two attached hydrogens (primary N) is 2. The molecule has 0 saturated carbocycles. The number of carboxylic acid groups (broad SMARTS) is 1. The Morgan fingerprint density at radius 2 is 1.56 bits per heavy atom. The van der Waals surface area contributed by atoms with E-state index in [2.05, 4.69) is 9.97 Å². The summed E-state index contributed by atoms with van der Waals surface area (Å²) in [7, 11) is 0. The monoisotopic (exact) mass is 436 g/mol. The molecule has 8 nitrogen and oxygen atoms in total. The van der Waals surface area contributed by atoms with Crippen molar-refractivity contribution in [1.82, 2.24) is 9.97 Å². The highest BCUT2D eigenvalue weighted by Gasteiger charge is 2.13. The number of unbranched alkanes of at least 4 members (excludes halogenated alkanes) is 1. The summed E-state index contributed by atoms with van der Waals surface area (Å²) in [6.07, 6.45) is 2.93. The van der Waals surface area contributed by atoms with Crippen LogP contribution < -0.4 is 20.9 Å². The molecule has 0 amide bonds. The molecular formula is C24H28N4O4. The fourth-order valence-electron chi connectivity index (χ4n) is 3.30. The van der Waals surface area contributed by atoms with Crippen molar-refractivity contribution < 1.29 is 19.4 Å². The van der Waals surface area contributed by atoms with Gasteiger partial charge in [0.15, 0.2) is 0 Å². The van der Waals surface area contributed by atoms with Crippen LogP contribution in [0, 0.1) is 0 Å². The van der Waals surface area contributed by atoms with E-state index < -0.39 is 5.97 Å². The van der Waals surface area contributed by atoms with Crippen molar-refractivity contribution in [2.24, 2.45) is 0 Å². The second kappa shape index (κ2) is 11.5. The molecular weight excluding hydrogens is 408 g/mol.